The van der Waals surface area contributed by atoms with Crippen molar-refractivity contribution in [3.63, 3.8) is 0 Å². The van der Waals surface area contributed by atoms with Crippen molar-refractivity contribution in [2.24, 2.45) is 0 Å². The summed E-state index contributed by atoms with van der Waals surface area (Å²) in [6.07, 6.45) is 2.19. The lowest BCUT2D eigenvalue weighted by atomic mass is 10.1. The molecule has 6 heteroatoms. The van der Waals surface area contributed by atoms with Crippen LogP contribution in [0.4, 0.5) is 10.6 Å². The molecule has 2 N–H and O–H groups in total. The average Bonchev–Trinajstić information content (AvgIpc) is 2.90. The molecule has 0 spiro atoms. The van der Waals surface area contributed by atoms with Gasteiger partial charge in [-0.05, 0) is 25.0 Å². The van der Waals surface area contributed by atoms with Gasteiger partial charge in [-0.15, -0.1) is 6.58 Å². The van der Waals surface area contributed by atoms with Crippen LogP contribution in [0.3, 0.4) is 0 Å². The topological polar surface area (TPSA) is 66.5 Å². The summed E-state index contributed by atoms with van der Waals surface area (Å²) in [5.41, 5.74) is 2.05. The van der Waals surface area contributed by atoms with Gasteiger partial charge in [-0.3, -0.25) is 0 Å². The number of hydrogen-bond donors (Lipinski definition) is 2. The zero-order valence-electron chi connectivity index (χ0n) is 12.8. The lowest BCUT2D eigenvalue weighted by Crippen LogP contribution is -2.55. The maximum absolute atomic E-state index is 11.5. The van der Waals surface area contributed by atoms with E-state index in [4.69, 9.17) is 9.72 Å². The van der Waals surface area contributed by atoms with Crippen molar-refractivity contribution in [2.45, 2.75) is 32.0 Å². The van der Waals surface area contributed by atoms with Crippen molar-refractivity contribution in [2.75, 3.05) is 24.5 Å². The fourth-order valence-electron chi connectivity index (χ4n) is 3.15. The van der Waals surface area contributed by atoms with E-state index in [1.54, 1.807) is 6.08 Å². The van der Waals surface area contributed by atoms with E-state index in [-0.39, 0.29) is 6.61 Å². The van der Waals surface area contributed by atoms with Gasteiger partial charge >= 0.3 is 6.09 Å². The highest BCUT2D eigenvalue weighted by molar-refractivity contribution is 5.67. The Bertz CT molecular complexity index is 575. The number of carbonyl (C=O) groups is 1. The number of amides is 1. The van der Waals surface area contributed by atoms with Crippen molar-refractivity contribution in [3.05, 3.63) is 36.0 Å². The average molecular weight is 302 g/mol. The quantitative estimate of drug-likeness (QED) is 0.819. The molecule has 0 bridgehead atoms. The van der Waals surface area contributed by atoms with Crippen LogP contribution in [0.25, 0.3) is 0 Å². The largest absolute Gasteiger partial charge is 0.443 e. The molecular formula is C16H22N4O2. The van der Waals surface area contributed by atoms with Crippen molar-refractivity contribution in [1.29, 1.82) is 0 Å². The summed E-state index contributed by atoms with van der Waals surface area (Å²) in [5, 5.41) is 6.04. The van der Waals surface area contributed by atoms with E-state index in [1.807, 2.05) is 6.07 Å². The van der Waals surface area contributed by atoms with Crippen LogP contribution in [0.1, 0.15) is 18.2 Å². The molecule has 3 heterocycles. The van der Waals surface area contributed by atoms with Crippen LogP contribution in [0.5, 0.6) is 0 Å². The van der Waals surface area contributed by atoms with Crippen LogP contribution in [0.15, 0.2) is 24.8 Å². The first-order valence-electron chi connectivity index (χ1n) is 7.68. The third kappa shape index (κ3) is 2.92. The number of nitrogens with zero attached hydrogens (tertiary/aromatic N) is 2. The Labute approximate surface area is 130 Å². The third-order valence-electron chi connectivity index (χ3n) is 4.14. The standard InChI is InChI=1S/C16H22N4O2/c1-3-6-18-16(21)22-10-13-5-4-12-7-14-9-17-8-11(2)20(14)15(12)19-13/h3-5,11,14,17H,1,6-10H2,2H3,(H,18,21)/t11-,14-/m1/s1. The number of carbonyl (C=O) groups excluding carboxylic acids is 1. The minimum Gasteiger partial charge on any atom is -0.443 e. The summed E-state index contributed by atoms with van der Waals surface area (Å²) in [6, 6.07) is 4.96. The summed E-state index contributed by atoms with van der Waals surface area (Å²) < 4.78 is 5.16. The van der Waals surface area contributed by atoms with Gasteiger partial charge in [0, 0.05) is 31.7 Å². The number of nitrogens with one attached hydrogen (secondary N) is 2. The molecule has 1 saturated heterocycles. The number of rotatable bonds is 4. The van der Waals surface area contributed by atoms with Crippen molar-refractivity contribution in [1.82, 2.24) is 15.6 Å². The molecular weight excluding hydrogens is 280 g/mol. The van der Waals surface area contributed by atoms with E-state index in [0.717, 1.165) is 31.0 Å². The molecule has 0 aromatic carbocycles. The SMILES string of the molecule is C=CCNC(=O)OCc1ccc2c(n1)N1[C@@H](CNC[C@H]1C)C2. The van der Waals surface area contributed by atoms with Gasteiger partial charge < -0.3 is 20.3 Å². The number of piperazine rings is 1. The summed E-state index contributed by atoms with van der Waals surface area (Å²) in [5.74, 6) is 1.05. The zero-order valence-corrected chi connectivity index (χ0v) is 12.8. The summed E-state index contributed by atoms with van der Waals surface area (Å²) in [6.45, 7) is 8.30. The second-order valence-electron chi connectivity index (χ2n) is 5.80. The van der Waals surface area contributed by atoms with Gasteiger partial charge in [0.1, 0.15) is 12.4 Å². The predicted octanol–water partition coefficient (Wildman–Crippen LogP) is 1.22. The van der Waals surface area contributed by atoms with E-state index in [1.165, 1.54) is 5.56 Å². The molecule has 1 amide bonds. The van der Waals surface area contributed by atoms with E-state index in [9.17, 15) is 4.79 Å². The molecule has 1 fully saturated rings. The number of ether oxygens (including phenoxy) is 1. The van der Waals surface area contributed by atoms with Gasteiger partial charge in [-0.2, -0.15) is 0 Å². The molecule has 2 aliphatic heterocycles. The Morgan fingerprint density at radius 2 is 2.45 bits per heavy atom. The minimum absolute atomic E-state index is 0.182. The molecule has 2 atom stereocenters. The highest BCUT2D eigenvalue weighted by Crippen LogP contribution is 2.33. The minimum atomic E-state index is -0.449. The van der Waals surface area contributed by atoms with Crippen molar-refractivity contribution < 1.29 is 9.53 Å². The highest BCUT2D eigenvalue weighted by atomic mass is 16.5. The Balaban J connectivity index is 1.68. The maximum Gasteiger partial charge on any atom is 0.407 e. The maximum atomic E-state index is 11.5. The normalized spacial score (nSPS) is 22.7. The van der Waals surface area contributed by atoms with Crippen molar-refractivity contribution in [3.8, 4) is 0 Å². The summed E-state index contributed by atoms with van der Waals surface area (Å²) in [4.78, 5) is 18.6. The molecule has 2 aliphatic rings. The molecule has 22 heavy (non-hydrogen) atoms. The predicted molar refractivity (Wildman–Crippen MR) is 84.9 cm³/mol. The fraction of sp³-hybridized carbons (Fsp3) is 0.500. The molecule has 3 rings (SSSR count). The number of aromatic nitrogens is 1. The molecule has 118 valence electrons. The van der Waals surface area contributed by atoms with E-state index in [2.05, 4.69) is 35.1 Å². The van der Waals surface area contributed by atoms with Crippen molar-refractivity contribution >= 4 is 11.9 Å². The van der Waals surface area contributed by atoms with Gasteiger partial charge in [0.25, 0.3) is 0 Å². The summed E-state index contributed by atoms with van der Waals surface area (Å²) in [7, 11) is 0. The molecule has 0 radical (unpaired) electrons. The lowest BCUT2D eigenvalue weighted by Gasteiger charge is -2.37. The van der Waals surface area contributed by atoms with Gasteiger partial charge in [0.2, 0.25) is 0 Å². The van der Waals surface area contributed by atoms with Gasteiger partial charge in [-0.25, -0.2) is 9.78 Å². The highest BCUT2D eigenvalue weighted by Gasteiger charge is 2.36. The van der Waals surface area contributed by atoms with Crippen LogP contribution in [0.2, 0.25) is 0 Å². The number of pyridine rings is 1. The number of alkyl carbamates (subject to hydrolysis) is 1. The number of anilines is 1. The third-order valence-corrected chi connectivity index (χ3v) is 4.14. The summed E-state index contributed by atoms with van der Waals surface area (Å²) >= 11 is 0. The molecule has 0 aliphatic carbocycles. The van der Waals surface area contributed by atoms with Gasteiger partial charge in [0.05, 0.1) is 5.69 Å². The Kier molecular flexibility index (Phi) is 4.29. The van der Waals surface area contributed by atoms with Crippen LogP contribution >= 0.6 is 0 Å². The smallest absolute Gasteiger partial charge is 0.407 e. The first kappa shape index (κ1) is 14.8. The van der Waals surface area contributed by atoms with E-state index >= 15 is 0 Å². The molecule has 1 aromatic rings. The molecule has 0 unspecified atom stereocenters. The van der Waals surface area contributed by atoms with Crippen LogP contribution in [-0.2, 0) is 17.8 Å². The monoisotopic (exact) mass is 302 g/mol. The molecule has 6 nitrogen and oxygen atoms in total. The first-order valence-corrected chi connectivity index (χ1v) is 7.68. The zero-order chi connectivity index (χ0) is 15.5. The van der Waals surface area contributed by atoms with Crippen LogP contribution < -0.4 is 15.5 Å². The van der Waals surface area contributed by atoms with Gasteiger partial charge in [0.15, 0.2) is 0 Å². The van der Waals surface area contributed by atoms with Crippen LogP contribution in [-0.4, -0.2) is 42.8 Å². The fourth-order valence-corrected chi connectivity index (χ4v) is 3.15. The Morgan fingerprint density at radius 3 is 3.27 bits per heavy atom. The number of fused-ring (bicyclic) bond motifs is 3. The Hall–Kier alpha value is -2.08. The lowest BCUT2D eigenvalue weighted by molar-refractivity contribution is 0.139. The Morgan fingerprint density at radius 1 is 1.59 bits per heavy atom. The van der Waals surface area contributed by atoms with E-state index in [0.29, 0.717) is 18.6 Å². The molecule has 0 saturated carbocycles. The van der Waals surface area contributed by atoms with Gasteiger partial charge in [-0.1, -0.05) is 12.1 Å². The second kappa shape index (κ2) is 6.36. The van der Waals surface area contributed by atoms with Crippen LogP contribution in [0, 0.1) is 0 Å². The second-order valence-corrected chi connectivity index (χ2v) is 5.80. The first-order chi connectivity index (χ1) is 10.7. The molecule has 1 aromatic heterocycles. The number of hydrogen-bond acceptors (Lipinski definition) is 5. The van der Waals surface area contributed by atoms with E-state index < -0.39 is 6.09 Å².